The lowest BCUT2D eigenvalue weighted by molar-refractivity contribution is -0.232. The van der Waals surface area contributed by atoms with Gasteiger partial charge in [0.25, 0.3) is 0 Å². The highest BCUT2D eigenvalue weighted by molar-refractivity contribution is 7.80. The molecule has 0 radical (unpaired) electrons. The monoisotopic (exact) mass is 246 g/mol. The predicted molar refractivity (Wildman–Crippen MR) is 68.1 cm³/mol. The first-order valence-corrected chi connectivity index (χ1v) is 6.38. The summed E-state index contributed by atoms with van der Waals surface area (Å²) >= 11 is 5.18. The Morgan fingerprint density at radius 1 is 1.38 bits per heavy atom. The Labute approximate surface area is 103 Å². The van der Waals surface area contributed by atoms with E-state index in [1.807, 2.05) is 13.8 Å². The number of thiocarbonyl (C=S) groups is 1. The average molecular weight is 246 g/mol. The van der Waals surface area contributed by atoms with E-state index in [0.717, 1.165) is 25.8 Å². The van der Waals surface area contributed by atoms with E-state index in [0.29, 0.717) is 5.11 Å². The van der Waals surface area contributed by atoms with Crippen LogP contribution in [-0.4, -0.2) is 30.3 Å². The highest BCUT2D eigenvalue weighted by Gasteiger charge is 2.24. The van der Waals surface area contributed by atoms with Crippen LogP contribution in [0, 0.1) is 0 Å². The maximum absolute atomic E-state index is 5.57. The summed E-state index contributed by atoms with van der Waals surface area (Å²) in [7, 11) is 0. The third-order valence-electron chi connectivity index (χ3n) is 2.43. The molecule has 2 N–H and O–H groups in total. The van der Waals surface area contributed by atoms with E-state index >= 15 is 0 Å². The number of rotatable bonds is 4. The van der Waals surface area contributed by atoms with Crippen LogP contribution in [0.25, 0.3) is 0 Å². The molecule has 1 rings (SSSR count). The molecule has 1 fully saturated rings. The van der Waals surface area contributed by atoms with Crippen LogP contribution in [0.2, 0.25) is 0 Å². The van der Waals surface area contributed by atoms with Crippen molar-refractivity contribution in [3.63, 3.8) is 0 Å². The summed E-state index contributed by atoms with van der Waals surface area (Å²) in [4.78, 5) is 0. The number of nitrogens with one attached hydrogen (secondary N) is 2. The number of unbranched alkanes of at least 4 members (excludes halogenated alkanes) is 1. The van der Waals surface area contributed by atoms with Crippen LogP contribution in [0.1, 0.15) is 40.0 Å². The number of hydrogen-bond donors (Lipinski definition) is 2. The zero-order valence-corrected chi connectivity index (χ0v) is 11.1. The van der Waals surface area contributed by atoms with Gasteiger partial charge in [-0.25, -0.2) is 0 Å². The first-order valence-electron chi connectivity index (χ1n) is 5.97. The highest BCUT2D eigenvalue weighted by atomic mass is 32.1. The van der Waals surface area contributed by atoms with Gasteiger partial charge in [-0.1, -0.05) is 13.3 Å². The quantitative estimate of drug-likeness (QED) is 0.584. The SMILES string of the molecule is CCCCNC(=S)N[C@H]1C[C@H](C)O[C@H](C)O1. The van der Waals surface area contributed by atoms with E-state index in [2.05, 4.69) is 17.6 Å². The molecule has 3 atom stereocenters. The average Bonchev–Trinajstić information content (AvgIpc) is 2.16. The van der Waals surface area contributed by atoms with Gasteiger partial charge in [-0.2, -0.15) is 0 Å². The topological polar surface area (TPSA) is 42.5 Å². The Morgan fingerprint density at radius 3 is 2.75 bits per heavy atom. The molecular weight excluding hydrogens is 224 g/mol. The van der Waals surface area contributed by atoms with Crippen LogP contribution < -0.4 is 10.6 Å². The minimum atomic E-state index is -0.167. The predicted octanol–water partition coefficient (Wildman–Crippen LogP) is 1.75. The molecule has 0 saturated carbocycles. The summed E-state index contributed by atoms with van der Waals surface area (Å²) in [5.74, 6) is 0. The van der Waals surface area contributed by atoms with E-state index in [1.165, 1.54) is 0 Å². The summed E-state index contributed by atoms with van der Waals surface area (Å²) in [6.45, 7) is 7.01. The van der Waals surface area contributed by atoms with Crippen molar-refractivity contribution in [2.75, 3.05) is 6.54 Å². The second-order valence-electron chi connectivity index (χ2n) is 4.13. The molecule has 1 saturated heterocycles. The Kier molecular flexibility index (Phi) is 6.01. The van der Waals surface area contributed by atoms with E-state index in [4.69, 9.17) is 21.7 Å². The van der Waals surface area contributed by atoms with Crippen molar-refractivity contribution in [1.82, 2.24) is 10.6 Å². The van der Waals surface area contributed by atoms with Crippen molar-refractivity contribution in [2.24, 2.45) is 0 Å². The van der Waals surface area contributed by atoms with Gasteiger partial charge < -0.3 is 20.1 Å². The number of hydrogen-bond acceptors (Lipinski definition) is 3. The van der Waals surface area contributed by atoms with Gasteiger partial charge in [-0.3, -0.25) is 0 Å². The summed E-state index contributed by atoms with van der Waals surface area (Å²) in [6, 6.07) is 0. The van der Waals surface area contributed by atoms with Crippen LogP contribution in [0.5, 0.6) is 0 Å². The smallest absolute Gasteiger partial charge is 0.168 e. The van der Waals surface area contributed by atoms with E-state index in [-0.39, 0.29) is 18.6 Å². The van der Waals surface area contributed by atoms with Crippen molar-refractivity contribution in [3.05, 3.63) is 0 Å². The molecular formula is C11H22N2O2S. The van der Waals surface area contributed by atoms with Crippen molar-refractivity contribution in [2.45, 2.75) is 58.7 Å². The fourth-order valence-electron chi connectivity index (χ4n) is 1.67. The Morgan fingerprint density at radius 2 is 2.12 bits per heavy atom. The molecule has 0 amide bonds. The second-order valence-corrected chi connectivity index (χ2v) is 4.54. The van der Waals surface area contributed by atoms with Gasteiger partial charge in [-0.05, 0) is 32.5 Å². The molecule has 1 aliphatic heterocycles. The van der Waals surface area contributed by atoms with Crippen molar-refractivity contribution in [1.29, 1.82) is 0 Å². The van der Waals surface area contributed by atoms with Gasteiger partial charge in [0.2, 0.25) is 0 Å². The zero-order chi connectivity index (χ0) is 12.0. The maximum atomic E-state index is 5.57. The number of ether oxygens (including phenoxy) is 2. The molecule has 5 heteroatoms. The molecule has 0 unspecified atom stereocenters. The molecule has 1 aliphatic rings. The van der Waals surface area contributed by atoms with Gasteiger partial charge in [0.1, 0.15) is 6.23 Å². The van der Waals surface area contributed by atoms with Crippen molar-refractivity contribution >= 4 is 17.3 Å². The maximum Gasteiger partial charge on any atom is 0.168 e. The summed E-state index contributed by atoms with van der Waals surface area (Å²) in [5, 5.41) is 6.98. The van der Waals surface area contributed by atoms with Gasteiger partial charge in [0, 0.05) is 13.0 Å². The van der Waals surface area contributed by atoms with E-state index in [9.17, 15) is 0 Å². The molecule has 16 heavy (non-hydrogen) atoms. The Hall–Kier alpha value is -0.390. The third kappa shape index (κ3) is 5.09. The molecule has 0 aromatic heterocycles. The zero-order valence-electron chi connectivity index (χ0n) is 10.3. The van der Waals surface area contributed by atoms with Gasteiger partial charge >= 0.3 is 0 Å². The molecule has 0 spiro atoms. The summed E-state index contributed by atoms with van der Waals surface area (Å²) < 4.78 is 11.0. The van der Waals surface area contributed by atoms with Crippen molar-refractivity contribution < 1.29 is 9.47 Å². The van der Waals surface area contributed by atoms with E-state index < -0.39 is 0 Å². The highest BCUT2D eigenvalue weighted by Crippen LogP contribution is 2.15. The fourth-order valence-corrected chi connectivity index (χ4v) is 1.91. The van der Waals surface area contributed by atoms with Gasteiger partial charge in [0.15, 0.2) is 11.4 Å². The molecule has 4 nitrogen and oxygen atoms in total. The van der Waals surface area contributed by atoms with Gasteiger partial charge in [-0.15, -0.1) is 0 Å². The standard InChI is InChI=1S/C11H22N2O2S/c1-4-5-6-12-11(16)13-10-7-8(2)14-9(3)15-10/h8-10H,4-7H2,1-3H3,(H2,12,13,16)/t8-,9-,10+/m0/s1. The van der Waals surface area contributed by atoms with Crippen LogP contribution in [0.3, 0.4) is 0 Å². The lowest BCUT2D eigenvalue weighted by atomic mass is 10.2. The van der Waals surface area contributed by atoms with E-state index in [1.54, 1.807) is 0 Å². The normalized spacial score (nSPS) is 29.8. The minimum Gasteiger partial charge on any atom is -0.363 e. The Bertz CT molecular complexity index is 216. The van der Waals surface area contributed by atoms with Gasteiger partial charge in [0.05, 0.1) is 6.10 Å². The molecule has 0 aromatic carbocycles. The molecule has 0 aliphatic carbocycles. The minimum absolute atomic E-state index is 0.0413. The first-order chi connectivity index (χ1) is 7.61. The lowest BCUT2D eigenvalue weighted by Gasteiger charge is -2.33. The summed E-state index contributed by atoms with van der Waals surface area (Å²) in [5.41, 5.74) is 0. The second kappa shape index (κ2) is 7.04. The largest absolute Gasteiger partial charge is 0.363 e. The molecule has 0 bridgehead atoms. The molecule has 1 heterocycles. The summed E-state index contributed by atoms with van der Waals surface area (Å²) in [6.07, 6.45) is 3.11. The fraction of sp³-hybridized carbons (Fsp3) is 0.909. The Balaban J connectivity index is 2.22. The lowest BCUT2D eigenvalue weighted by Crippen LogP contribution is -2.49. The van der Waals surface area contributed by atoms with Crippen LogP contribution >= 0.6 is 12.2 Å². The van der Waals surface area contributed by atoms with Crippen LogP contribution in [0.15, 0.2) is 0 Å². The molecule has 94 valence electrons. The molecule has 0 aromatic rings. The van der Waals surface area contributed by atoms with Crippen LogP contribution in [0.4, 0.5) is 0 Å². The van der Waals surface area contributed by atoms with Crippen LogP contribution in [-0.2, 0) is 9.47 Å². The third-order valence-corrected chi connectivity index (χ3v) is 2.70. The van der Waals surface area contributed by atoms with Crippen molar-refractivity contribution in [3.8, 4) is 0 Å². The first kappa shape index (κ1) is 13.7.